The van der Waals surface area contributed by atoms with Gasteiger partial charge in [-0.2, -0.15) is 0 Å². The molecule has 0 saturated heterocycles. The number of rotatable bonds is 5. The molecule has 3 N–H and O–H groups in total. The summed E-state index contributed by atoms with van der Waals surface area (Å²) < 4.78 is 5.20. The predicted octanol–water partition coefficient (Wildman–Crippen LogP) is 2.17. The number of anilines is 1. The Morgan fingerprint density at radius 2 is 2.11 bits per heavy atom. The van der Waals surface area contributed by atoms with Crippen LogP contribution in [-0.2, 0) is 4.74 Å². The third-order valence-corrected chi connectivity index (χ3v) is 2.76. The van der Waals surface area contributed by atoms with E-state index < -0.39 is 0 Å². The second-order valence-corrected chi connectivity index (χ2v) is 5.52. The van der Waals surface area contributed by atoms with E-state index in [0.717, 1.165) is 22.6 Å². The fourth-order valence-corrected chi connectivity index (χ4v) is 2.26. The summed E-state index contributed by atoms with van der Waals surface area (Å²) in [4.78, 5) is 4.75. The molecule has 0 atom stereocenters. The van der Waals surface area contributed by atoms with E-state index in [-0.39, 0.29) is 5.54 Å². The molecule has 1 heterocycles. The van der Waals surface area contributed by atoms with E-state index >= 15 is 0 Å². The third kappa shape index (κ3) is 3.65. The van der Waals surface area contributed by atoms with Crippen LogP contribution in [0.25, 0.3) is 0 Å². The average molecular weight is 267 g/mol. The molecule has 1 aromatic heterocycles. The Kier molecular flexibility index (Phi) is 4.65. The minimum absolute atomic E-state index is 0.200. The van der Waals surface area contributed by atoms with E-state index in [1.54, 1.807) is 7.11 Å². The molecule has 18 heavy (non-hydrogen) atoms. The van der Waals surface area contributed by atoms with Crippen LogP contribution in [0.4, 0.5) is 5.69 Å². The Hall–Kier alpha value is -1.20. The standard InChI is InChI=1S/C13H21N3OS/c1-8-6-10(16-13(3,4)7-17-5)11(12(14)18)9(2)15-8/h6H,7H2,1-5H3,(H2,14,18)(H,15,16). The normalized spacial score (nSPS) is 11.4. The summed E-state index contributed by atoms with van der Waals surface area (Å²) in [6.45, 7) is 8.57. The minimum atomic E-state index is -0.200. The van der Waals surface area contributed by atoms with Gasteiger partial charge in [0.2, 0.25) is 0 Å². The molecule has 0 fully saturated rings. The molecule has 1 rings (SSSR count). The number of nitrogens with two attached hydrogens (primary N) is 1. The number of nitrogens with one attached hydrogen (secondary N) is 1. The number of pyridine rings is 1. The smallest absolute Gasteiger partial charge is 0.107 e. The summed E-state index contributed by atoms with van der Waals surface area (Å²) in [5.74, 6) is 0. The van der Waals surface area contributed by atoms with Gasteiger partial charge in [-0.15, -0.1) is 0 Å². The van der Waals surface area contributed by atoms with Crippen molar-refractivity contribution >= 4 is 22.9 Å². The molecule has 5 heteroatoms. The van der Waals surface area contributed by atoms with Crippen molar-refractivity contribution in [1.82, 2.24) is 4.98 Å². The monoisotopic (exact) mass is 267 g/mol. The first kappa shape index (κ1) is 14.9. The topological polar surface area (TPSA) is 60.2 Å². The fraction of sp³-hybridized carbons (Fsp3) is 0.538. The van der Waals surface area contributed by atoms with Gasteiger partial charge >= 0.3 is 0 Å². The first-order chi connectivity index (χ1) is 8.26. The number of aromatic nitrogens is 1. The molecule has 0 aliphatic rings. The Balaban J connectivity index is 3.19. The van der Waals surface area contributed by atoms with Gasteiger partial charge in [-0.3, -0.25) is 4.98 Å². The maximum Gasteiger partial charge on any atom is 0.107 e. The second kappa shape index (κ2) is 5.63. The molecule has 100 valence electrons. The van der Waals surface area contributed by atoms with Crippen LogP contribution in [0.15, 0.2) is 6.07 Å². The molecular formula is C13H21N3OS. The predicted molar refractivity (Wildman–Crippen MR) is 79.2 cm³/mol. The minimum Gasteiger partial charge on any atom is -0.389 e. The zero-order chi connectivity index (χ0) is 13.9. The molecule has 4 nitrogen and oxygen atoms in total. The quantitative estimate of drug-likeness (QED) is 0.801. The molecule has 0 spiro atoms. The van der Waals surface area contributed by atoms with E-state index in [0.29, 0.717) is 11.6 Å². The van der Waals surface area contributed by atoms with Crippen LogP contribution in [0.1, 0.15) is 30.8 Å². The van der Waals surface area contributed by atoms with E-state index in [4.69, 9.17) is 22.7 Å². The highest BCUT2D eigenvalue weighted by Gasteiger charge is 2.20. The van der Waals surface area contributed by atoms with Crippen molar-refractivity contribution in [3.8, 4) is 0 Å². The van der Waals surface area contributed by atoms with Crippen molar-refractivity contribution in [2.75, 3.05) is 19.0 Å². The number of aryl methyl sites for hydroxylation is 2. The van der Waals surface area contributed by atoms with Crippen molar-refractivity contribution in [1.29, 1.82) is 0 Å². The molecule has 0 radical (unpaired) electrons. The average Bonchev–Trinajstić information content (AvgIpc) is 2.13. The van der Waals surface area contributed by atoms with Gasteiger partial charge in [-0.1, -0.05) is 12.2 Å². The zero-order valence-corrected chi connectivity index (χ0v) is 12.4. The SMILES string of the molecule is COCC(C)(C)Nc1cc(C)nc(C)c1C(N)=S. The highest BCUT2D eigenvalue weighted by molar-refractivity contribution is 7.80. The van der Waals surface area contributed by atoms with Crippen molar-refractivity contribution in [3.05, 3.63) is 23.0 Å². The summed E-state index contributed by atoms with van der Waals surface area (Å²) in [7, 11) is 1.68. The Labute approximate surface area is 114 Å². The number of ether oxygens (including phenoxy) is 1. The van der Waals surface area contributed by atoms with Gasteiger partial charge in [-0.25, -0.2) is 0 Å². The summed E-state index contributed by atoms with van der Waals surface area (Å²) in [5, 5.41) is 3.42. The summed E-state index contributed by atoms with van der Waals surface area (Å²) >= 11 is 5.10. The van der Waals surface area contributed by atoms with Gasteiger partial charge < -0.3 is 15.8 Å². The van der Waals surface area contributed by atoms with Gasteiger partial charge in [0.1, 0.15) is 4.99 Å². The number of hydrogen-bond acceptors (Lipinski definition) is 4. The van der Waals surface area contributed by atoms with E-state index in [9.17, 15) is 0 Å². The lowest BCUT2D eigenvalue weighted by Gasteiger charge is -2.28. The van der Waals surface area contributed by atoms with Crippen LogP contribution in [-0.4, -0.2) is 29.2 Å². The fourth-order valence-electron chi connectivity index (χ4n) is 2.00. The second-order valence-electron chi connectivity index (χ2n) is 5.08. The Bertz CT molecular complexity index is 458. The zero-order valence-electron chi connectivity index (χ0n) is 11.6. The van der Waals surface area contributed by atoms with Crippen LogP contribution in [0.2, 0.25) is 0 Å². The first-order valence-electron chi connectivity index (χ1n) is 5.82. The molecule has 0 unspecified atom stereocenters. The van der Waals surface area contributed by atoms with Crippen LogP contribution in [0.3, 0.4) is 0 Å². The molecule has 0 aromatic carbocycles. The molecule has 0 aliphatic heterocycles. The van der Waals surface area contributed by atoms with Crippen LogP contribution in [0.5, 0.6) is 0 Å². The third-order valence-electron chi connectivity index (χ3n) is 2.55. The first-order valence-corrected chi connectivity index (χ1v) is 6.23. The summed E-state index contributed by atoms with van der Waals surface area (Å²) in [5.41, 5.74) is 9.07. The Morgan fingerprint density at radius 1 is 1.50 bits per heavy atom. The molecule has 0 aliphatic carbocycles. The van der Waals surface area contributed by atoms with Crippen LogP contribution < -0.4 is 11.1 Å². The summed E-state index contributed by atoms with van der Waals surface area (Å²) in [6, 6.07) is 1.96. The number of hydrogen-bond donors (Lipinski definition) is 2. The lowest BCUT2D eigenvalue weighted by atomic mass is 10.0. The van der Waals surface area contributed by atoms with Crippen molar-refractivity contribution in [3.63, 3.8) is 0 Å². The molecule has 1 aromatic rings. The van der Waals surface area contributed by atoms with Gasteiger partial charge in [0.15, 0.2) is 0 Å². The Morgan fingerprint density at radius 3 is 2.61 bits per heavy atom. The maximum absolute atomic E-state index is 5.78. The highest BCUT2D eigenvalue weighted by Crippen LogP contribution is 2.23. The van der Waals surface area contributed by atoms with E-state index in [1.807, 2.05) is 19.9 Å². The van der Waals surface area contributed by atoms with Crippen molar-refractivity contribution < 1.29 is 4.74 Å². The lowest BCUT2D eigenvalue weighted by molar-refractivity contribution is 0.158. The molecular weight excluding hydrogens is 246 g/mol. The maximum atomic E-state index is 5.78. The number of thiocarbonyl (C=S) groups is 1. The number of methoxy groups -OCH3 is 1. The van der Waals surface area contributed by atoms with Crippen molar-refractivity contribution in [2.45, 2.75) is 33.2 Å². The van der Waals surface area contributed by atoms with Gasteiger partial charge in [0.05, 0.1) is 17.7 Å². The van der Waals surface area contributed by atoms with Gasteiger partial charge in [0, 0.05) is 24.2 Å². The highest BCUT2D eigenvalue weighted by atomic mass is 32.1. The van der Waals surface area contributed by atoms with E-state index in [2.05, 4.69) is 24.1 Å². The van der Waals surface area contributed by atoms with Crippen molar-refractivity contribution in [2.24, 2.45) is 5.73 Å². The summed E-state index contributed by atoms with van der Waals surface area (Å²) in [6.07, 6.45) is 0. The van der Waals surface area contributed by atoms with Crippen LogP contribution >= 0.6 is 12.2 Å². The van der Waals surface area contributed by atoms with Crippen LogP contribution in [0, 0.1) is 13.8 Å². The van der Waals surface area contributed by atoms with Gasteiger partial charge in [0.25, 0.3) is 0 Å². The van der Waals surface area contributed by atoms with E-state index in [1.165, 1.54) is 0 Å². The van der Waals surface area contributed by atoms with Gasteiger partial charge in [-0.05, 0) is 33.8 Å². The molecule has 0 bridgehead atoms. The largest absolute Gasteiger partial charge is 0.389 e. The molecule has 0 saturated carbocycles. The molecule has 0 amide bonds. The number of nitrogens with zero attached hydrogens (tertiary/aromatic N) is 1. The lowest BCUT2D eigenvalue weighted by Crippen LogP contribution is -2.37.